The molecular weight excluding hydrogens is 445 g/mol. The SMILES string of the molecule is COc1ccc(CCN2C(=O)c3oc4ccc(F)cc4c(=O)c3C2c2ccc(C(C)C)cc2)cc1. The number of amides is 1. The topological polar surface area (TPSA) is 59.8 Å². The molecule has 1 aliphatic rings. The molecule has 2 heterocycles. The lowest BCUT2D eigenvalue weighted by molar-refractivity contribution is 0.0730. The zero-order valence-corrected chi connectivity index (χ0v) is 19.9. The molecule has 1 aliphatic heterocycles. The van der Waals surface area contributed by atoms with Crippen LogP contribution in [0, 0.1) is 5.82 Å². The number of hydrogen-bond acceptors (Lipinski definition) is 4. The Morgan fingerprint density at radius 1 is 1.00 bits per heavy atom. The van der Waals surface area contributed by atoms with E-state index in [0.29, 0.717) is 18.9 Å². The zero-order chi connectivity index (χ0) is 24.7. The molecular formula is C29H26FNO4. The van der Waals surface area contributed by atoms with Crippen molar-refractivity contribution in [2.45, 2.75) is 32.2 Å². The van der Waals surface area contributed by atoms with Crippen molar-refractivity contribution in [1.29, 1.82) is 0 Å². The molecule has 1 unspecified atom stereocenters. The second kappa shape index (κ2) is 9.02. The maximum atomic E-state index is 14.0. The van der Waals surface area contributed by atoms with Crippen LogP contribution in [0.25, 0.3) is 11.0 Å². The fraction of sp³-hybridized carbons (Fsp3) is 0.241. The summed E-state index contributed by atoms with van der Waals surface area (Å²) in [5.41, 5.74) is 3.11. The van der Waals surface area contributed by atoms with Gasteiger partial charge >= 0.3 is 0 Å². The van der Waals surface area contributed by atoms with Crippen LogP contribution in [0.4, 0.5) is 4.39 Å². The highest BCUT2D eigenvalue weighted by atomic mass is 19.1. The standard InChI is InChI=1S/C29H26FNO4/c1-17(2)19-6-8-20(9-7-19)26-25-27(32)23-16-21(30)10-13-24(23)35-28(25)29(33)31(26)15-14-18-4-11-22(34-3)12-5-18/h4-13,16-17,26H,14-15H2,1-3H3. The van der Waals surface area contributed by atoms with Gasteiger partial charge in [0, 0.05) is 6.54 Å². The van der Waals surface area contributed by atoms with Gasteiger partial charge in [-0.3, -0.25) is 9.59 Å². The molecule has 6 heteroatoms. The fourth-order valence-electron chi connectivity index (χ4n) is 4.67. The lowest BCUT2D eigenvalue weighted by Gasteiger charge is -2.25. The number of hydrogen-bond donors (Lipinski definition) is 0. The van der Waals surface area contributed by atoms with Gasteiger partial charge in [-0.05, 0) is 59.4 Å². The number of methoxy groups -OCH3 is 1. The number of rotatable bonds is 6. The Bertz CT molecular complexity index is 1460. The molecule has 5 rings (SSSR count). The van der Waals surface area contributed by atoms with E-state index in [1.807, 2.05) is 48.5 Å². The second-order valence-corrected chi connectivity index (χ2v) is 9.13. The van der Waals surface area contributed by atoms with Gasteiger partial charge in [0.1, 0.15) is 17.1 Å². The number of halogens is 1. The van der Waals surface area contributed by atoms with E-state index >= 15 is 0 Å². The van der Waals surface area contributed by atoms with Crippen molar-refractivity contribution in [3.05, 3.63) is 111 Å². The summed E-state index contributed by atoms with van der Waals surface area (Å²) in [4.78, 5) is 28.8. The highest BCUT2D eigenvalue weighted by Gasteiger charge is 2.42. The van der Waals surface area contributed by atoms with Crippen molar-refractivity contribution in [3.63, 3.8) is 0 Å². The predicted molar refractivity (Wildman–Crippen MR) is 133 cm³/mol. The summed E-state index contributed by atoms with van der Waals surface area (Å²) in [6, 6.07) is 18.8. The lowest BCUT2D eigenvalue weighted by atomic mass is 9.95. The summed E-state index contributed by atoms with van der Waals surface area (Å²) in [7, 11) is 1.62. The number of fused-ring (bicyclic) bond motifs is 2. The van der Waals surface area contributed by atoms with Gasteiger partial charge in [0.2, 0.25) is 5.76 Å². The molecule has 4 aromatic rings. The van der Waals surface area contributed by atoms with E-state index in [1.54, 1.807) is 12.0 Å². The van der Waals surface area contributed by atoms with Crippen molar-refractivity contribution in [2.75, 3.05) is 13.7 Å². The molecule has 0 N–H and O–H groups in total. The quantitative estimate of drug-likeness (QED) is 0.354. The lowest BCUT2D eigenvalue weighted by Crippen LogP contribution is -2.31. The first-order valence-electron chi connectivity index (χ1n) is 11.7. The third-order valence-electron chi connectivity index (χ3n) is 6.65. The number of carbonyl (C=O) groups is 1. The largest absolute Gasteiger partial charge is 0.497 e. The first-order valence-corrected chi connectivity index (χ1v) is 11.7. The van der Waals surface area contributed by atoms with E-state index < -0.39 is 11.9 Å². The molecule has 0 saturated carbocycles. The molecule has 0 bridgehead atoms. The monoisotopic (exact) mass is 471 g/mol. The second-order valence-electron chi connectivity index (χ2n) is 9.13. The highest BCUT2D eigenvalue weighted by molar-refractivity contribution is 5.99. The van der Waals surface area contributed by atoms with E-state index in [9.17, 15) is 14.0 Å². The molecule has 3 aromatic carbocycles. The third-order valence-corrected chi connectivity index (χ3v) is 6.65. The molecule has 0 saturated heterocycles. The molecule has 178 valence electrons. The molecule has 0 fully saturated rings. The Balaban J connectivity index is 1.59. The van der Waals surface area contributed by atoms with Gasteiger partial charge < -0.3 is 14.1 Å². The van der Waals surface area contributed by atoms with Gasteiger partial charge in [0.25, 0.3) is 5.91 Å². The summed E-state index contributed by atoms with van der Waals surface area (Å²) >= 11 is 0. The fourth-order valence-corrected chi connectivity index (χ4v) is 4.67. The molecule has 1 aromatic heterocycles. The van der Waals surface area contributed by atoms with Crippen molar-refractivity contribution in [3.8, 4) is 5.75 Å². The molecule has 1 amide bonds. The molecule has 35 heavy (non-hydrogen) atoms. The van der Waals surface area contributed by atoms with Crippen molar-refractivity contribution >= 4 is 16.9 Å². The average Bonchev–Trinajstić information content (AvgIpc) is 3.15. The maximum absolute atomic E-state index is 14.0. The maximum Gasteiger partial charge on any atom is 0.290 e. The van der Waals surface area contributed by atoms with Gasteiger partial charge in [0.15, 0.2) is 5.43 Å². The summed E-state index contributed by atoms with van der Waals surface area (Å²) in [5.74, 6) is 0.278. The normalized spacial score (nSPS) is 15.2. The van der Waals surface area contributed by atoms with Crippen LogP contribution in [-0.2, 0) is 6.42 Å². The van der Waals surface area contributed by atoms with E-state index in [4.69, 9.17) is 9.15 Å². The summed E-state index contributed by atoms with van der Waals surface area (Å²) in [6.07, 6.45) is 0.590. The van der Waals surface area contributed by atoms with Gasteiger partial charge in [0.05, 0.1) is 24.1 Å². The van der Waals surface area contributed by atoms with E-state index in [2.05, 4.69) is 13.8 Å². The molecule has 0 radical (unpaired) electrons. The third kappa shape index (κ3) is 4.09. The molecule has 1 atom stereocenters. The zero-order valence-electron chi connectivity index (χ0n) is 19.9. The Kier molecular flexibility index (Phi) is 5.89. The van der Waals surface area contributed by atoms with Crippen molar-refractivity contribution in [2.24, 2.45) is 0 Å². The van der Waals surface area contributed by atoms with Crippen LogP contribution in [0.2, 0.25) is 0 Å². The summed E-state index contributed by atoms with van der Waals surface area (Å²) in [6.45, 7) is 4.61. The first-order chi connectivity index (χ1) is 16.9. The average molecular weight is 472 g/mol. The molecule has 0 spiro atoms. The molecule has 5 nitrogen and oxygen atoms in total. The minimum Gasteiger partial charge on any atom is -0.497 e. The van der Waals surface area contributed by atoms with Crippen LogP contribution in [0.1, 0.15) is 58.6 Å². The van der Waals surface area contributed by atoms with Crippen molar-refractivity contribution in [1.82, 2.24) is 4.90 Å². The van der Waals surface area contributed by atoms with Crippen molar-refractivity contribution < 1.29 is 18.3 Å². The Morgan fingerprint density at radius 2 is 1.71 bits per heavy atom. The molecule has 0 aliphatic carbocycles. The van der Waals surface area contributed by atoms with Crippen LogP contribution in [0.3, 0.4) is 0 Å². The van der Waals surface area contributed by atoms with E-state index in [0.717, 1.165) is 22.4 Å². The van der Waals surface area contributed by atoms with Gasteiger partial charge in [-0.25, -0.2) is 4.39 Å². The predicted octanol–water partition coefficient (Wildman–Crippen LogP) is 5.85. The Morgan fingerprint density at radius 3 is 2.37 bits per heavy atom. The van der Waals surface area contributed by atoms with Crippen LogP contribution in [0.15, 0.2) is 75.9 Å². The van der Waals surface area contributed by atoms with Gasteiger partial charge in [-0.1, -0.05) is 50.2 Å². The minimum atomic E-state index is -0.610. The summed E-state index contributed by atoms with van der Waals surface area (Å²) < 4.78 is 25.1. The number of carbonyl (C=O) groups excluding carboxylic acids is 1. The van der Waals surface area contributed by atoms with Crippen LogP contribution >= 0.6 is 0 Å². The van der Waals surface area contributed by atoms with Gasteiger partial charge in [-0.15, -0.1) is 0 Å². The Hall–Kier alpha value is -3.93. The first kappa shape index (κ1) is 22.8. The number of nitrogens with zero attached hydrogens (tertiary/aromatic N) is 1. The van der Waals surface area contributed by atoms with E-state index in [-0.39, 0.29) is 33.6 Å². The van der Waals surface area contributed by atoms with Gasteiger partial charge in [-0.2, -0.15) is 0 Å². The van der Waals surface area contributed by atoms with Crippen LogP contribution in [0.5, 0.6) is 5.75 Å². The number of ether oxygens (including phenoxy) is 1. The van der Waals surface area contributed by atoms with Crippen LogP contribution in [-0.4, -0.2) is 24.5 Å². The summed E-state index contributed by atoms with van der Waals surface area (Å²) in [5, 5.41) is 0.136. The van der Waals surface area contributed by atoms with Crippen LogP contribution < -0.4 is 10.2 Å². The smallest absolute Gasteiger partial charge is 0.290 e. The Labute approximate surface area is 202 Å². The van der Waals surface area contributed by atoms with E-state index in [1.165, 1.54) is 18.2 Å². The minimum absolute atomic E-state index is 0.0294. The highest BCUT2D eigenvalue weighted by Crippen LogP contribution is 2.38. The number of benzene rings is 3.